The summed E-state index contributed by atoms with van der Waals surface area (Å²) in [6.45, 7) is 2.22. The van der Waals surface area contributed by atoms with Crippen LogP contribution in [0.2, 0.25) is 0 Å². The number of carbonyl (C=O) groups is 1. The fourth-order valence-electron chi connectivity index (χ4n) is 2.54. The molecule has 0 N–H and O–H groups in total. The minimum Gasteiger partial charge on any atom is -0.465 e. The van der Waals surface area contributed by atoms with E-state index < -0.39 is 0 Å². The topological polar surface area (TPSA) is 44.1 Å². The van der Waals surface area contributed by atoms with Crippen molar-refractivity contribution in [2.24, 2.45) is 0 Å². The van der Waals surface area contributed by atoms with Gasteiger partial charge in [-0.2, -0.15) is 5.10 Å². The first-order chi connectivity index (χ1) is 12.1. The average molecular weight is 464 g/mol. The zero-order valence-corrected chi connectivity index (χ0v) is 16.7. The Kier molecular flexibility index (Phi) is 5.71. The van der Waals surface area contributed by atoms with E-state index >= 15 is 0 Å². The maximum absolute atomic E-state index is 12.0. The minimum atomic E-state index is -0.303. The number of rotatable bonds is 5. The molecule has 6 heteroatoms. The van der Waals surface area contributed by atoms with E-state index in [4.69, 9.17) is 4.74 Å². The van der Waals surface area contributed by atoms with E-state index in [9.17, 15) is 4.79 Å². The number of hydrogen-bond acceptors (Lipinski definition) is 3. The Morgan fingerprint density at radius 3 is 2.32 bits per heavy atom. The molecule has 1 aromatic heterocycles. The van der Waals surface area contributed by atoms with Gasteiger partial charge in [-0.1, -0.05) is 56.1 Å². The summed E-state index contributed by atoms with van der Waals surface area (Å²) in [5.74, 6) is -0.303. The van der Waals surface area contributed by atoms with Crippen LogP contribution >= 0.6 is 31.9 Å². The van der Waals surface area contributed by atoms with Gasteiger partial charge in [0.1, 0.15) is 6.54 Å². The molecule has 3 aromatic rings. The Bertz CT molecular complexity index is 906. The highest BCUT2D eigenvalue weighted by Gasteiger charge is 2.15. The smallest absolute Gasteiger partial charge is 0.327 e. The number of nitrogens with zero attached hydrogens (tertiary/aromatic N) is 2. The number of benzene rings is 2. The predicted octanol–water partition coefficient (Wildman–Crippen LogP) is 5.31. The second-order valence-corrected chi connectivity index (χ2v) is 7.23. The summed E-state index contributed by atoms with van der Waals surface area (Å²) in [6.07, 6.45) is 0. The Balaban J connectivity index is 2.06. The van der Waals surface area contributed by atoms with Gasteiger partial charge in [0.25, 0.3) is 0 Å². The minimum absolute atomic E-state index is 0.0731. The molecule has 0 aliphatic rings. The van der Waals surface area contributed by atoms with E-state index in [1.165, 1.54) is 0 Å². The van der Waals surface area contributed by atoms with E-state index in [0.29, 0.717) is 6.61 Å². The Hall–Kier alpha value is -1.92. The van der Waals surface area contributed by atoms with Crippen LogP contribution in [0.25, 0.3) is 22.5 Å². The average Bonchev–Trinajstić information content (AvgIpc) is 2.99. The van der Waals surface area contributed by atoms with Gasteiger partial charge in [0.15, 0.2) is 0 Å². The van der Waals surface area contributed by atoms with E-state index in [0.717, 1.165) is 31.5 Å². The molecular weight excluding hydrogens is 448 g/mol. The number of carbonyl (C=O) groups excluding carboxylic acids is 1. The summed E-state index contributed by atoms with van der Waals surface area (Å²) in [5, 5.41) is 4.63. The second kappa shape index (κ2) is 7.97. The molecule has 0 amide bonds. The molecule has 0 aliphatic heterocycles. The van der Waals surface area contributed by atoms with Crippen LogP contribution in [0.15, 0.2) is 63.5 Å². The lowest BCUT2D eigenvalue weighted by Crippen LogP contribution is -2.15. The predicted molar refractivity (Wildman–Crippen MR) is 105 cm³/mol. The summed E-state index contributed by atoms with van der Waals surface area (Å²) in [4.78, 5) is 12.0. The lowest BCUT2D eigenvalue weighted by atomic mass is 10.1. The molecule has 3 rings (SSSR count). The number of ether oxygens (including phenoxy) is 1. The third-order valence-corrected chi connectivity index (χ3v) is 4.59. The highest BCUT2D eigenvalue weighted by Crippen LogP contribution is 2.29. The third-order valence-electron chi connectivity index (χ3n) is 3.60. The molecule has 0 aliphatic carbocycles. The van der Waals surface area contributed by atoms with E-state index in [1.807, 2.05) is 54.6 Å². The highest BCUT2D eigenvalue weighted by molar-refractivity contribution is 9.10. The van der Waals surface area contributed by atoms with Crippen LogP contribution in [0.4, 0.5) is 0 Å². The van der Waals surface area contributed by atoms with Crippen LogP contribution in [0.1, 0.15) is 6.92 Å². The van der Waals surface area contributed by atoms with Crippen molar-refractivity contribution in [2.75, 3.05) is 6.61 Å². The number of halogens is 2. The summed E-state index contributed by atoms with van der Waals surface area (Å²) in [7, 11) is 0. The molecular formula is C19H16Br2N2O2. The van der Waals surface area contributed by atoms with Gasteiger partial charge in [0, 0.05) is 20.1 Å². The van der Waals surface area contributed by atoms with Crippen LogP contribution in [0.5, 0.6) is 0 Å². The van der Waals surface area contributed by atoms with Crippen molar-refractivity contribution in [3.8, 4) is 22.5 Å². The van der Waals surface area contributed by atoms with Crippen molar-refractivity contribution in [3.05, 3.63) is 63.5 Å². The van der Waals surface area contributed by atoms with E-state index in [2.05, 4.69) is 37.0 Å². The largest absolute Gasteiger partial charge is 0.465 e. The third kappa shape index (κ3) is 4.38. The van der Waals surface area contributed by atoms with Gasteiger partial charge in [0.05, 0.1) is 18.0 Å². The molecule has 0 fully saturated rings. The van der Waals surface area contributed by atoms with E-state index in [-0.39, 0.29) is 12.5 Å². The van der Waals surface area contributed by atoms with Gasteiger partial charge in [-0.15, -0.1) is 0 Å². The molecule has 0 saturated carbocycles. The standard InChI is InChI=1S/C19H16Br2N2O2/c1-2-25-19(24)12-23-18(14-6-4-8-16(21)10-14)11-17(22-23)13-5-3-7-15(20)9-13/h3-11H,2,12H2,1H3. The highest BCUT2D eigenvalue weighted by atomic mass is 79.9. The Morgan fingerprint density at radius 1 is 1.04 bits per heavy atom. The zero-order valence-electron chi connectivity index (χ0n) is 13.6. The monoisotopic (exact) mass is 462 g/mol. The Morgan fingerprint density at radius 2 is 1.68 bits per heavy atom. The van der Waals surface area contributed by atoms with Crippen LogP contribution in [-0.4, -0.2) is 22.4 Å². The summed E-state index contributed by atoms with van der Waals surface area (Å²) in [5.41, 5.74) is 3.63. The lowest BCUT2D eigenvalue weighted by molar-refractivity contribution is -0.144. The molecule has 0 atom stereocenters. The van der Waals surface area contributed by atoms with Crippen molar-refractivity contribution in [1.29, 1.82) is 0 Å². The van der Waals surface area contributed by atoms with Gasteiger partial charge in [-0.3, -0.25) is 9.48 Å². The first-order valence-corrected chi connectivity index (χ1v) is 9.41. The number of esters is 1. The fraction of sp³-hybridized carbons (Fsp3) is 0.158. The van der Waals surface area contributed by atoms with Crippen molar-refractivity contribution in [3.63, 3.8) is 0 Å². The van der Waals surface area contributed by atoms with Crippen molar-refractivity contribution in [2.45, 2.75) is 13.5 Å². The molecule has 0 saturated heterocycles. The van der Waals surface area contributed by atoms with Gasteiger partial charge < -0.3 is 4.74 Å². The summed E-state index contributed by atoms with van der Waals surface area (Å²) >= 11 is 6.98. The number of aromatic nitrogens is 2. The molecule has 128 valence electrons. The SMILES string of the molecule is CCOC(=O)Cn1nc(-c2cccc(Br)c2)cc1-c1cccc(Br)c1. The quantitative estimate of drug-likeness (QED) is 0.482. The summed E-state index contributed by atoms with van der Waals surface area (Å²) in [6, 6.07) is 17.8. The first kappa shape index (κ1) is 17.9. The molecule has 25 heavy (non-hydrogen) atoms. The van der Waals surface area contributed by atoms with Crippen LogP contribution < -0.4 is 0 Å². The fourth-order valence-corrected chi connectivity index (χ4v) is 3.33. The van der Waals surface area contributed by atoms with Crippen LogP contribution in [0.3, 0.4) is 0 Å². The molecule has 0 unspecified atom stereocenters. The summed E-state index contributed by atoms with van der Waals surface area (Å²) < 4.78 is 8.72. The zero-order chi connectivity index (χ0) is 17.8. The normalized spacial score (nSPS) is 10.7. The van der Waals surface area contributed by atoms with Crippen molar-refractivity contribution >= 4 is 37.8 Å². The maximum Gasteiger partial charge on any atom is 0.327 e. The molecule has 0 spiro atoms. The lowest BCUT2D eigenvalue weighted by Gasteiger charge is -2.07. The van der Waals surface area contributed by atoms with Gasteiger partial charge >= 0.3 is 5.97 Å². The Labute approximate surface area is 163 Å². The molecule has 2 aromatic carbocycles. The molecule has 0 bridgehead atoms. The maximum atomic E-state index is 12.0. The molecule has 4 nitrogen and oxygen atoms in total. The van der Waals surface area contributed by atoms with Gasteiger partial charge in [-0.05, 0) is 37.3 Å². The second-order valence-electron chi connectivity index (χ2n) is 5.40. The van der Waals surface area contributed by atoms with E-state index in [1.54, 1.807) is 11.6 Å². The molecule has 1 heterocycles. The van der Waals surface area contributed by atoms with Crippen molar-refractivity contribution in [1.82, 2.24) is 9.78 Å². The number of hydrogen-bond donors (Lipinski definition) is 0. The van der Waals surface area contributed by atoms with Crippen molar-refractivity contribution < 1.29 is 9.53 Å². The van der Waals surface area contributed by atoms with Crippen LogP contribution in [-0.2, 0) is 16.1 Å². The van der Waals surface area contributed by atoms with Gasteiger partial charge in [-0.25, -0.2) is 0 Å². The molecule has 0 radical (unpaired) electrons. The first-order valence-electron chi connectivity index (χ1n) is 7.82. The van der Waals surface area contributed by atoms with Crippen LogP contribution in [0, 0.1) is 0 Å². The van der Waals surface area contributed by atoms with Gasteiger partial charge in [0.2, 0.25) is 0 Å².